The van der Waals surface area contributed by atoms with E-state index >= 15 is 0 Å². The topological polar surface area (TPSA) is 100 Å². The van der Waals surface area contributed by atoms with Gasteiger partial charge in [-0.2, -0.15) is 18.2 Å². The predicted octanol–water partition coefficient (Wildman–Crippen LogP) is 3.49. The van der Waals surface area contributed by atoms with E-state index in [1.54, 1.807) is 24.3 Å². The van der Waals surface area contributed by atoms with E-state index in [4.69, 9.17) is 9.73 Å². The molecule has 0 aliphatic rings. The summed E-state index contributed by atoms with van der Waals surface area (Å²) in [6.45, 7) is 0.399. The Kier molecular flexibility index (Phi) is 5.08. The normalized spacial score (nSPS) is 11.3. The van der Waals surface area contributed by atoms with Gasteiger partial charge in [0.25, 0.3) is 0 Å². The van der Waals surface area contributed by atoms with Gasteiger partial charge in [-0.15, -0.1) is 0 Å². The first-order valence-electron chi connectivity index (χ1n) is 7.65. The highest BCUT2D eigenvalue weighted by atomic mass is 19.4. The van der Waals surface area contributed by atoms with Crippen molar-refractivity contribution >= 4 is 11.6 Å². The van der Waals surface area contributed by atoms with Crippen LogP contribution in [0.4, 0.5) is 18.9 Å². The highest BCUT2D eigenvalue weighted by Crippen LogP contribution is 2.29. The van der Waals surface area contributed by atoms with Crippen molar-refractivity contribution in [2.24, 2.45) is 0 Å². The molecule has 0 atom stereocenters. The minimum Gasteiger partial charge on any atom is -0.381 e. The van der Waals surface area contributed by atoms with Crippen molar-refractivity contribution in [3.05, 3.63) is 65.5 Å². The minimum atomic E-state index is -4.36. The van der Waals surface area contributed by atoms with Crippen molar-refractivity contribution in [1.29, 1.82) is 0 Å². The maximum Gasteiger partial charge on any atom is 0.416 e. The molecular weight excluding hydrogens is 365 g/mol. The number of benzene rings is 2. The van der Waals surface area contributed by atoms with Gasteiger partial charge in [0.1, 0.15) is 0 Å². The molecule has 3 aromatic rings. The van der Waals surface area contributed by atoms with E-state index in [0.717, 1.165) is 17.7 Å². The molecule has 3 N–H and O–H groups in total. The fourth-order valence-electron chi connectivity index (χ4n) is 2.23. The number of nitrogens with zero attached hydrogens (tertiary/aromatic N) is 2. The molecule has 10 heteroatoms. The van der Waals surface area contributed by atoms with Crippen LogP contribution in [-0.2, 0) is 12.7 Å². The van der Waals surface area contributed by atoms with E-state index < -0.39 is 17.6 Å². The van der Waals surface area contributed by atoms with Crippen LogP contribution >= 0.6 is 0 Å². The van der Waals surface area contributed by atoms with Gasteiger partial charge in [0.15, 0.2) is 0 Å². The second-order valence-electron chi connectivity index (χ2n) is 5.49. The number of rotatable bonds is 5. The van der Waals surface area contributed by atoms with Crippen LogP contribution in [0.5, 0.6) is 0 Å². The van der Waals surface area contributed by atoms with Crippen LogP contribution in [-0.4, -0.2) is 21.3 Å². The zero-order valence-electron chi connectivity index (χ0n) is 13.6. The number of carbonyl (C=O) groups is 1. The molecule has 0 fully saturated rings. The quantitative estimate of drug-likeness (QED) is 0.464. The number of anilines is 1. The van der Waals surface area contributed by atoms with Crippen LogP contribution in [0.2, 0.25) is 0 Å². The van der Waals surface area contributed by atoms with Gasteiger partial charge in [-0.3, -0.25) is 10.0 Å². The maximum atomic E-state index is 12.5. The average molecular weight is 378 g/mol. The molecule has 7 nitrogen and oxygen atoms in total. The van der Waals surface area contributed by atoms with Gasteiger partial charge in [0.2, 0.25) is 5.82 Å². The smallest absolute Gasteiger partial charge is 0.381 e. The van der Waals surface area contributed by atoms with Crippen molar-refractivity contribution in [2.45, 2.75) is 12.7 Å². The first-order valence-corrected chi connectivity index (χ1v) is 7.65. The zero-order valence-corrected chi connectivity index (χ0v) is 13.6. The predicted molar refractivity (Wildman–Crippen MR) is 87.8 cm³/mol. The van der Waals surface area contributed by atoms with Gasteiger partial charge >= 0.3 is 18.0 Å². The van der Waals surface area contributed by atoms with E-state index in [0.29, 0.717) is 17.8 Å². The number of hydrogen-bond donors (Lipinski definition) is 3. The average Bonchev–Trinajstić information content (AvgIpc) is 3.16. The first kappa shape index (κ1) is 18.4. The van der Waals surface area contributed by atoms with E-state index in [1.807, 2.05) is 0 Å². The highest BCUT2D eigenvalue weighted by molar-refractivity contribution is 5.88. The summed E-state index contributed by atoms with van der Waals surface area (Å²) in [4.78, 5) is 15.0. The third-order valence-corrected chi connectivity index (χ3v) is 3.64. The van der Waals surface area contributed by atoms with Crippen LogP contribution in [0.1, 0.15) is 21.8 Å². The van der Waals surface area contributed by atoms with E-state index in [-0.39, 0.29) is 11.7 Å². The van der Waals surface area contributed by atoms with Gasteiger partial charge in [0.05, 0.1) is 5.56 Å². The molecule has 0 radical (unpaired) electrons. The van der Waals surface area contributed by atoms with E-state index in [9.17, 15) is 18.0 Å². The van der Waals surface area contributed by atoms with Crippen molar-refractivity contribution in [3.8, 4) is 11.4 Å². The van der Waals surface area contributed by atoms with Gasteiger partial charge in [-0.05, 0) is 29.8 Å². The number of carbonyl (C=O) groups excluding carboxylic acids is 1. The minimum absolute atomic E-state index is 0.177. The summed E-state index contributed by atoms with van der Waals surface area (Å²) in [5, 5.41) is 15.2. The summed E-state index contributed by atoms with van der Waals surface area (Å²) in [6.07, 6.45) is -4.36. The van der Waals surface area contributed by atoms with Crippen LogP contribution in [0.3, 0.4) is 0 Å². The summed E-state index contributed by atoms with van der Waals surface area (Å²) in [5.74, 6) is -1.11. The molecule has 1 amide bonds. The van der Waals surface area contributed by atoms with Gasteiger partial charge in [-0.25, -0.2) is 5.48 Å². The van der Waals surface area contributed by atoms with Gasteiger partial charge < -0.3 is 9.84 Å². The largest absolute Gasteiger partial charge is 0.416 e. The first-order chi connectivity index (χ1) is 12.9. The molecule has 0 unspecified atom stereocenters. The fraction of sp³-hybridized carbons (Fsp3) is 0.118. The van der Waals surface area contributed by atoms with Crippen molar-refractivity contribution < 1.29 is 27.7 Å². The summed E-state index contributed by atoms with van der Waals surface area (Å²) in [5.41, 5.74) is 2.71. The molecule has 1 aromatic heterocycles. The Hall–Kier alpha value is -3.40. The Balaban J connectivity index is 1.62. The molecule has 27 heavy (non-hydrogen) atoms. The number of aromatic nitrogens is 2. The van der Waals surface area contributed by atoms with Crippen LogP contribution in [0.15, 0.2) is 53.1 Å². The third-order valence-electron chi connectivity index (χ3n) is 3.64. The van der Waals surface area contributed by atoms with E-state index in [1.165, 1.54) is 17.6 Å². The second-order valence-corrected chi connectivity index (χ2v) is 5.49. The molecule has 0 bridgehead atoms. The lowest BCUT2D eigenvalue weighted by Gasteiger charge is -2.10. The Bertz CT molecular complexity index is 922. The maximum absolute atomic E-state index is 12.5. The number of hydroxylamine groups is 1. The number of nitrogens with one attached hydrogen (secondary N) is 2. The number of alkyl halides is 3. The lowest BCUT2D eigenvalue weighted by atomic mass is 10.1. The molecule has 0 saturated heterocycles. The molecule has 0 aliphatic heterocycles. The molecule has 0 saturated carbocycles. The Labute approximate surface area is 150 Å². The second kappa shape index (κ2) is 7.46. The Morgan fingerprint density at radius 2 is 1.74 bits per heavy atom. The Morgan fingerprint density at radius 1 is 1.07 bits per heavy atom. The molecule has 2 aromatic carbocycles. The highest BCUT2D eigenvalue weighted by Gasteiger charge is 2.29. The monoisotopic (exact) mass is 378 g/mol. The van der Waals surface area contributed by atoms with Gasteiger partial charge in [0, 0.05) is 17.8 Å². The lowest BCUT2D eigenvalue weighted by molar-refractivity contribution is -0.137. The molecule has 140 valence electrons. The number of hydrogen-bond acceptors (Lipinski definition) is 6. The molecular formula is C17H13F3N4O3. The summed E-state index contributed by atoms with van der Waals surface area (Å²) < 4.78 is 42.3. The molecule has 0 aliphatic carbocycles. The molecule has 3 rings (SSSR count). The summed E-state index contributed by atoms with van der Waals surface area (Å²) in [7, 11) is 0. The lowest BCUT2D eigenvalue weighted by Crippen LogP contribution is -2.18. The zero-order chi connectivity index (χ0) is 19.4. The number of amides is 1. The standard InChI is InChI=1S/C17H13F3N4O3/c18-17(19,20)12-5-7-13(8-6-12)21-9-10-1-3-11(4-2-10)14-22-16(27-24-14)15(25)23-26/h1-8,21,26H,9H2,(H,23,25). The van der Waals surface area contributed by atoms with Crippen molar-refractivity contribution in [2.75, 3.05) is 5.32 Å². The van der Waals surface area contributed by atoms with E-state index in [2.05, 4.69) is 15.5 Å². The summed E-state index contributed by atoms with van der Waals surface area (Å²) in [6, 6.07) is 11.7. The summed E-state index contributed by atoms with van der Waals surface area (Å²) >= 11 is 0. The van der Waals surface area contributed by atoms with Crippen LogP contribution in [0, 0.1) is 0 Å². The van der Waals surface area contributed by atoms with Gasteiger partial charge in [-0.1, -0.05) is 29.4 Å². The molecule has 0 spiro atoms. The fourth-order valence-corrected chi connectivity index (χ4v) is 2.23. The third kappa shape index (κ3) is 4.42. The van der Waals surface area contributed by atoms with Crippen LogP contribution in [0.25, 0.3) is 11.4 Å². The Morgan fingerprint density at radius 3 is 2.33 bits per heavy atom. The van der Waals surface area contributed by atoms with Crippen molar-refractivity contribution in [3.63, 3.8) is 0 Å². The van der Waals surface area contributed by atoms with Crippen LogP contribution < -0.4 is 10.8 Å². The van der Waals surface area contributed by atoms with Crippen molar-refractivity contribution in [1.82, 2.24) is 15.6 Å². The molecule has 1 heterocycles. The SMILES string of the molecule is O=C(NO)c1nc(-c2ccc(CNc3ccc(C(F)(F)F)cc3)cc2)no1. The number of halogens is 3.